The van der Waals surface area contributed by atoms with Gasteiger partial charge in [0.2, 0.25) is 5.91 Å². The van der Waals surface area contributed by atoms with Crippen molar-refractivity contribution in [3.05, 3.63) is 34.4 Å². The third kappa shape index (κ3) is 4.26. The van der Waals surface area contributed by atoms with E-state index in [4.69, 9.17) is 16.3 Å². The predicted molar refractivity (Wildman–Crippen MR) is 112 cm³/mol. The zero-order chi connectivity index (χ0) is 20.4. The molecule has 1 fully saturated rings. The first-order valence-electron chi connectivity index (χ1n) is 10.4. The molecule has 1 atom stereocenters. The van der Waals surface area contributed by atoms with Crippen molar-refractivity contribution in [1.82, 2.24) is 19.7 Å². The first kappa shape index (κ1) is 20.2. The highest BCUT2D eigenvalue weighted by Gasteiger charge is 2.32. The first-order chi connectivity index (χ1) is 14.1. The number of aryl methyl sites for hydroxylation is 2. The third-order valence-corrected chi connectivity index (χ3v) is 6.31. The van der Waals surface area contributed by atoms with E-state index in [2.05, 4.69) is 25.0 Å². The van der Waals surface area contributed by atoms with Gasteiger partial charge < -0.3 is 14.6 Å². The van der Waals surface area contributed by atoms with Crippen LogP contribution in [0.5, 0.6) is 5.75 Å². The fourth-order valence-corrected chi connectivity index (χ4v) is 4.52. The van der Waals surface area contributed by atoms with Gasteiger partial charge in [-0.2, -0.15) is 0 Å². The number of ether oxygens (including phenoxy) is 1. The summed E-state index contributed by atoms with van der Waals surface area (Å²) in [5.74, 6) is 2.62. The molecular formula is C21H28ClN5O2. The van der Waals surface area contributed by atoms with Crippen molar-refractivity contribution in [2.75, 3.05) is 25.5 Å². The SMILES string of the molecule is COc1cc(Cl)c(C)cc1NC(=O)CN1CCCC1c1nnc2n1CCCCC2. The van der Waals surface area contributed by atoms with E-state index in [-0.39, 0.29) is 11.9 Å². The number of amides is 1. The molecule has 1 aromatic carbocycles. The van der Waals surface area contributed by atoms with Crippen LogP contribution in [0, 0.1) is 6.92 Å². The molecule has 156 valence electrons. The molecule has 0 radical (unpaired) electrons. The van der Waals surface area contributed by atoms with Crippen LogP contribution in [-0.2, 0) is 17.8 Å². The Hall–Kier alpha value is -2.12. The lowest BCUT2D eigenvalue weighted by Gasteiger charge is -2.24. The summed E-state index contributed by atoms with van der Waals surface area (Å²) >= 11 is 6.17. The molecule has 0 saturated carbocycles. The summed E-state index contributed by atoms with van der Waals surface area (Å²) in [7, 11) is 1.57. The number of likely N-dealkylation sites (tertiary alicyclic amines) is 1. The lowest BCUT2D eigenvalue weighted by atomic mass is 10.2. The molecule has 1 aromatic heterocycles. The molecule has 4 rings (SSSR count). The Morgan fingerprint density at radius 2 is 2.10 bits per heavy atom. The van der Waals surface area contributed by atoms with Gasteiger partial charge in [-0.1, -0.05) is 18.0 Å². The maximum atomic E-state index is 12.8. The summed E-state index contributed by atoms with van der Waals surface area (Å²) in [6, 6.07) is 3.73. The number of carbonyl (C=O) groups is 1. The van der Waals surface area contributed by atoms with Gasteiger partial charge in [-0.3, -0.25) is 9.69 Å². The second-order valence-electron chi connectivity index (χ2n) is 7.92. The molecule has 7 nitrogen and oxygen atoms in total. The van der Waals surface area contributed by atoms with Gasteiger partial charge in [-0.05, 0) is 50.8 Å². The van der Waals surface area contributed by atoms with Crippen molar-refractivity contribution >= 4 is 23.2 Å². The number of hydrogen-bond acceptors (Lipinski definition) is 5. The average molecular weight is 418 g/mol. The topological polar surface area (TPSA) is 72.3 Å². The largest absolute Gasteiger partial charge is 0.495 e. The van der Waals surface area contributed by atoms with E-state index in [0.29, 0.717) is 23.0 Å². The molecule has 1 N–H and O–H groups in total. The van der Waals surface area contributed by atoms with Gasteiger partial charge in [-0.25, -0.2) is 0 Å². The molecule has 29 heavy (non-hydrogen) atoms. The summed E-state index contributed by atoms with van der Waals surface area (Å²) < 4.78 is 7.66. The van der Waals surface area contributed by atoms with Crippen LogP contribution in [0.3, 0.4) is 0 Å². The summed E-state index contributed by atoms with van der Waals surface area (Å²) in [5, 5.41) is 12.6. The Morgan fingerprint density at radius 3 is 2.93 bits per heavy atom. The third-order valence-electron chi connectivity index (χ3n) is 5.90. The number of nitrogens with one attached hydrogen (secondary N) is 1. The van der Waals surface area contributed by atoms with E-state index in [1.54, 1.807) is 13.2 Å². The Morgan fingerprint density at radius 1 is 1.24 bits per heavy atom. The molecule has 2 aromatic rings. The molecular weight excluding hydrogens is 390 g/mol. The van der Waals surface area contributed by atoms with Crippen molar-refractivity contribution < 1.29 is 9.53 Å². The molecule has 3 heterocycles. The Bertz CT molecular complexity index is 897. The number of benzene rings is 1. The maximum Gasteiger partial charge on any atom is 0.238 e. The van der Waals surface area contributed by atoms with Gasteiger partial charge in [-0.15, -0.1) is 10.2 Å². The number of nitrogens with zero attached hydrogens (tertiary/aromatic N) is 4. The smallest absolute Gasteiger partial charge is 0.238 e. The van der Waals surface area contributed by atoms with Crippen LogP contribution in [0.1, 0.15) is 55.4 Å². The van der Waals surface area contributed by atoms with Crippen LogP contribution in [-0.4, -0.2) is 45.8 Å². The number of anilines is 1. The number of carbonyl (C=O) groups excluding carboxylic acids is 1. The fraction of sp³-hybridized carbons (Fsp3) is 0.571. The van der Waals surface area contributed by atoms with Crippen LogP contribution in [0.25, 0.3) is 0 Å². The minimum atomic E-state index is -0.0625. The minimum Gasteiger partial charge on any atom is -0.495 e. The standard InChI is InChI=1S/C21H28ClN5O2/c1-14-11-16(18(29-2)12-15(14)22)23-20(28)13-26-9-6-7-17(26)21-25-24-19-8-4-3-5-10-27(19)21/h11-12,17H,3-10,13H2,1-2H3,(H,23,28). The predicted octanol–water partition coefficient (Wildman–Crippen LogP) is 3.75. The normalized spacial score (nSPS) is 19.6. The quantitative estimate of drug-likeness (QED) is 0.802. The molecule has 2 aliphatic rings. The number of aromatic nitrogens is 3. The number of halogens is 1. The lowest BCUT2D eigenvalue weighted by Crippen LogP contribution is -2.34. The second kappa shape index (κ2) is 8.71. The van der Waals surface area contributed by atoms with E-state index in [1.165, 1.54) is 19.3 Å². The molecule has 0 bridgehead atoms. The molecule has 1 unspecified atom stereocenters. The molecule has 1 saturated heterocycles. The van der Waals surface area contributed by atoms with Gasteiger partial charge >= 0.3 is 0 Å². The van der Waals surface area contributed by atoms with Gasteiger partial charge in [0.25, 0.3) is 0 Å². The van der Waals surface area contributed by atoms with Crippen molar-refractivity contribution in [3.63, 3.8) is 0 Å². The van der Waals surface area contributed by atoms with Crippen molar-refractivity contribution in [2.24, 2.45) is 0 Å². The van der Waals surface area contributed by atoms with Crippen molar-refractivity contribution in [2.45, 2.75) is 58.0 Å². The highest BCUT2D eigenvalue weighted by Crippen LogP contribution is 2.33. The minimum absolute atomic E-state index is 0.0625. The Kier molecular flexibility index (Phi) is 6.06. The zero-order valence-electron chi connectivity index (χ0n) is 17.1. The van der Waals surface area contributed by atoms with E-state index >= 15 is 0 Å². The van der Waals surface area contributed by atoms with Crippen LogP contribution in [0.2, 0.25) is 5.02 Å². The van der Waals surface area contributed by atoms with Crippen molar-refractivity contribution in [3.8, 4) is 5.75 Å². The zero-order valence-corrected chi connectivity index (χ0v) is 17.8. The molecule has 2 aliphatic heterocycles. The molecule has 0 spiro atoms. The van der Waals surface area contributed by atoms with Gasteiger partial charge in [0.1, 0.15) is 17.4 Å². The monoisotopic (exact) mass is 417 g/mol. The first-order valence-corrected chi connectivity index (χ1v) is 10.7. The number of fused-ring (bicyclic) bond motifs is 1. The van der Waals surface area contributed by atoms with Crippen LogP contribution < -0.4 is 10.1 Å². The van der Waals surface area contributed by atoms with Gasteiger partial charge in [0, 0.05) is 24.1 Å². The maximum absolute atomic E-state index is 12.8. The van der Waals surface area contributed by atoms with E-state index in [0.717, 1.165) is 49.6 Å². The summed E-state index contributed by atoms with van der Waals surface area (Å²) in [6.07, 6.45) is 6.65. The second-order valence-corrected chi connectivity index (χ2v) is 8.32. The number of methoxy groups -OCH3 is 1. The van der Waals surface area contributed by atoms with Gasteiger partial charge in [0.15, 0.2) is 0 Å². The molecule has 1 amide bonds. The Labute approximate surface area is 176 Å². The molecule has 8 heteroatoms. The molecule has 0 aliphatic carbocycles. The van der Waals surface area contributed by atoms with E-state index in [9.17, 15) is 4.79 Å². The van der Waals surface area contributed by atoms with Gasteiger partial charge in [0.05, 0.1) is 25.4 Å². The summed E-state index contributed by atoms with van der Waals surface area (Å²) in [4.78, 5) is 15.0. The Balaban J connectivity index is 1.47. The number of hydrogen-bond donors (Lipinski definition) is 1. The van der Waals surface area contributed by atoms with Crippen LogP contribution in [0.15, 0.2) is 12.1 Å². The van der Waals surface area contributed by atoms with Crippen LogP contribution >= 0.6 is 11.6 Å². The number of rotatable bonds is 5. The summed E-state index contributed by atoms with van der Waals surface area (Å²) in [6.45, 7) is 4.09. The van der Waals surface area contributed by atoms with E-state index in [1.807, 2.05) is 13.0 Å². The fourth-order valence-electron chi connectivity index (χ4n) is 4.37. The van der Waals surface area contributed by atoms with Crippen LogP contribution in [0.4, 0.5) is 5.69 Å². The average Bonchev–Trinajstić information content (AvgIpc) is 3.24. The van der Waals surface area contributed by atoms with E-state index < -0.39 is 0 Å². The van der Waals surface area contributed by atoms with Crippen molar-refractivity contribution in [1.29, 1.82) is 0 Å². The highest BCUT2D eigenvalue weighted by molar-refractivity contribution is 6.31. The highest BCUT2D eigenvalue weighted by atomic mass is 35.5. The lowest BCUT2D eigenvalue weighted by molar-refractivity contribution is -0.117. The summed E-state index contributed by atoms with van der Waals surface area (Å²) in [5.41, 5.74) is 1.54.